The molecule has 0 bridgehead atoms. The van der Waals surface area contributed by atoms with Crippen LogP contribution in [-0.2, 0) is 14.3 Å². The van der Waals surface area contributed by atoms with Gasteiger partial charge in [-0.05, 0) is 42.3 Å². The first-order valence-corrected chi connectivity index (χ1v) is 8.77. The third-order valence-electron chi connectivity index (χ3n) is 4.13. The quantitative estimate of drug-likeness (QED) is 0.580. The molecule has 0 aliphatic carbocycles. The topological polar surface area (TPSA) is 58.6 Å². The molecule has 3 rings (SSSR count). The summed E-state index contributed by atoms with van der Waals surface area (Å²) in [6.45, 7) is 0.664. The lowest BCUT2D eigenvalue weighted by Crippen LogP contribution is -2.33. The predicted octanol–water partition coefficient (Wildman–Crippen LogP) is 3.71. The number of halogens is 2. The highest BCUT2D eigenvalue weighted by atomic mass is 35.5. The highest BCUT2D eigenvalue weighted by Crippen LogP contribution is 2.31. The van der Waals surface area contributed by atoms with Crippen molar-refractivity contribution < 1.29 is 18.7 Å². The summed E-state index contributed by atoms with van der Waals surface area (Å²) in [7, 11) is 1.56. The number of hydrogen-bond acceptors (Lipinski definition) is 4. The summed E-state index contributed by atoms with van der Waals surface area (Å²) in [5, 5.41) is 3.43. The molecule has 1 aliphatic rings. The van der Waals surface area contributed by atoms with E-state index in [9.17, 15) is 14.0 Å². The van der Waals surface area contributed by atoms with Crippen molar-refractivity contribution in [3.63, 3.8) is 0 Å². The summed E-state index contributed by atoms with van der Waals surface area (Å²) < 4.78 is 18.5. The third kappa shape index (κ3) is 4.18. The maximum atomic E-state index is 13.5. The molecule has 5 nitrogen and oxygen atoms in total. The number of nitrogens with one attached hydrogen (secondary N) is 1. The molecule has 0 fully saturated rings. The van der Waals surface area contributed by atoms with Crippen LogP contribution in [0.3, 0.4) is 0 Å². The number of imide groups is 1. The lowest BCUT2D eigenvalue weighted by atomic mass is 10.0. The van der Waals surface area contributed by atoms with Crippen LogP contribution in [0.1, 0.15) is 12.0 Å². The van der Waals surface area contributed by atoms with E-state index in [4.69, 9.17) is 16.3 Å². The zero-order valence-electron chi connectivity index (χ0n) is 14.7. The van der Waals surface area contributed by atoms with E-state index in [0.29, 0.717) is 29.3 Å². The molecule has 2 amide bonds. The average Bonchev–Trinajstić information content (AvgIpc) is 2.87. The second-order valence-electron chi connectivity index (χ2n) is 6.00. The van der Waals surface area contributed by atoms with Crippen LogP contribution in [0.2, 0.25) is 5.02 Å². The fraction of sp³-hybridized carbons (Fsp3) is 0.200. The number of amides is 2. The molecular weight excluding hydrogens is 371 g/mol. The summed E-state index contributed by atoms with van der Waals surface area (Å²) in [6, 6.07) is 12.4. The number of nitrogens with zero attached hydrogens (tertiary/aromatic N) is 1. The van der Waals surface area contributed by atoms with Gasteiger partial charge in [0.05, 0.1) is 5.57 Å². The molecule has 2 aromatic rings. The minimum absolute atomic E-state index is 0.116. The van der Waals surface area contributed by atoms with E-state index in [-0.39, 0.29) is 17.8 Å². The van der Waals surface area contributed by atoms with Crippen molar-refractivity contribution in [1.29, 1.82) is 0 Å². The van der Waals surface area contributed by atoms with Crippen LogP contribution in [-0.4, -0.2) is 37.0 Å². The smallest absolute Gasteiger partial charge is 0.278 e. The zero-order valence-corrected chi connectivity index (χ0v) is 15.4. The van der Waals surface area contributed by atoms with Gasteiger partial charge in [0, 0.05) is 31.0 Å². The number of benzene rings is 2. The van der Waals surface area contributed by atoms with Crippen LogP contribution >= 0.6 is 11.6 Å². The van der Waals surface area contributed by atoms with Crippen molar-refractivity contribution in [3.05, 3.63) is 70.6 Å². The maximum absolute atomic E-state index is 13.5. The number of hydrogen-bond donors (Lipinski definition) is 1. The largest absolute Gasteiger partial charge is 0.385 e. The fourth-order valence-electron chi connectivity index (χ4n) is 2.86. The molecule has 1 aliphatic heterocycles. The number of ether oxygens (including phenoxy) is 1. The first kappa shape index (κ1) is 19.1. The van der Waals surface area contributed by atoms with Crippen LogP contribution in [0.25, 0.3) is 5.57 Å². The molecule has 0 saturated heterocycles. The van der Waals surface area contributed by atoms with Crippen molar-refractivity contribution in [2.45, 2.75) is 6.42 Å². The fourth-order valence-corrected chi connectivity index (χ4v) is 2.98. The van der Waals surface area contributed by atoms with Gasteiger partial charge in [-0.1, -0.05) is 29.8 Å². The monoisotopic (exact) mass is 388 g/mol. The summed E-state index contributed by atoms with van der Waals surface area (Å²) in [5.74, 6) is -1.30. The van der Waals surface area contributed by atoms with E-state index in [0.717, 1.165) is 0 Å². The second kappa shape index (κ2) is 8.33. The lowest BCUT2D eigenvalue weighted by molar-refractivity contribution is -0.136. The first-order valence-electron chi connectivity index (χ1n) is 8.39. The van der Waals surface area contributed by atoms with Crippen molar-refractivity contribution in [3.8, 4) is 0 Å². The molecule has 0 saturated carbocycles. The van der Waals surface area contributed by atoms with Gasteiger partial charge in [-0.3, -0.25) is 14.5 Å². The molecule has 0 spiro atoms. The Morgan fingerprint density at radius 1 is 1.11 bits per heavy atom. The Morgan fingerprint density at radius 2 is 1.85 bits per heavy atom. The highest BCUT2D eigenvalue weighted by Gasteiger charge is 2.38. The van der Waals surface area contributed by atoms with Gasteiger partial charge in [0.2, 0.25) is 0 Å². The van der Waals surface area contributed by atoms with Gasteiger partial charge in [-0.25, -0.2) is 4.39 Å². The van der Waals surface area contributed by atoms with Gasteiger partial charge in [-0.2, -0.15) is 0 Å². The van der Waals surface area contributed by atoms with E-state index in [1.54, 1.807) is 37.4 Å². The predicted molar refractivity (Wildman–Crippen MR) is 102 cm³/mol. The maximum Gasteiger partial charge on any atom is 0.278 e. The Morgan fingerprint density at radius 3 is 2.52 bits per heavy atom. The normalized spacial score (nSPS) is 14.3. The Balaban J connectivity index is 1.99. The molecule has 0 radical (unpaired) electrons. The molecule has 1 N–H and O–H groups in total. The molecule has 0 atom stereocenters. The van der Waals surface area contributed by atoms with Gasteiger partial charge in [0.15, 0.2) is 0 Å². The lowest BCUT2D eigenvalue weighted by Gasteiger charge is -2.15. The van der Waals surface area contributed by atoms with Gasteiger partial charge in [-0.15, -0.1) is 0 Å². The number of rotatable bonds is 7. The first-order chi connectivity index (χ1) is 13.0. The van der Waals surface area contributed by atoms with Crippen LogP contribution in [0, 0.1) is 5.82 Å². The van der Waals surface area contributed by atoms with Crippen LogP contribution in [0.4, 0.5) is 10.1 Å². The summed E-state index contributed by atoms with van der Waals surface area (Å²) in [6.07, 6.45) is 0.523. The van der Waals surface area contributed by atoms with Gasteiger partial charge in [0.25, 0.3) is 11.8 Å². The van der Waals surface area contributed by atoms with E-state index < -0.39 is 17.6 Å². The summed E-state index contributed by atoms with van der Waals surface area (Å²) >= 11 is 5.93. The summed E-state index contributed by atoms with van der Waals surface area (Å²) in [4.78, 5) is 27.0. The van der Waals surface area contributed by atoms with Crippen LogP contribution < -0.4 is 5.32 Å². The summed E-state index contributed by atoms with van der Waals surface area (Å²) in [5.41, 5.74) is 1.30. The second-order valence-corrected chi connectivity index (χ2v) is 6.44. The Bertz CT molecular complexity index is 896. The van der Waals surface area contributed by atoms with E-state index in [1.807, 2.05) is 0 Å². The Kier molecular flexibility index (Phi) is 5.88. The molecule has 0 aromatic heterocycles. The van der Waals surface area contributed by atoms with E-state index >= 15 is 0 Å². The molecule has 27 heavy (non-hydrogen) atoms. The van der Waals surface area contributed by atoms with E-state index in [1.165, 1.54) is 23.1 Å². The van der Waals surface area contributed by atoms with Crippen LogP contribution in [0.15, 0.2) is 54.2 Å². The van der Waals surface area contributed by atoms with Crippen molar-refractivity contribution in [2.75, 3.05) is 25.6 Å². The van der Waals surface area contributed by atoms with E-state index in [2.05, 4.69) is 5.32 Å². The van der Waals surface area contributed by atoms with Gasteiger partial charge < -0.3 is 10.1 Å². The Labute approximate surface area is 161 Å². The molecule has 1 heterocycles. The highest BCUT2D eigenvalue weighted by molar-refractivity contribution is 6.36. The number of anilines is 1. The molecule has 0 unspecified atom stereocenters. The average molecular weight is 389 g/mol. The number of carbonyl (C=O) groups excluding carboxylic acids is 2. The standard InChI is InChI=1S/C20H18ClFN2O3/c1-27-11-3-10-24-19(25)17(13-6-8-14(21)9-7-13)18(20(24)26)23-16-5-2-4-15(22)12-16/h2,4-9,12,23H,3,10-11H2,1H3. The van der Waals surface area contributed by atoms with Gasteiger partial charge in [0.1, 0.15) is 11.5 Å². The van der Waals surface area contributed by atoms with Crippen LogP contribution in [0.5, 0.6) is 0 Å². The van der Waals surface area contributed by atoms with Crippen molar-refractivity contribution in [2.24, 2.45) is 0 Å². The molecule has 7 heteroatoms. The number of carbonyl (C=O) groups is 2. The molecule has 2 aromatic carbocycles. The zero-order chi connectivity index (χ0) is 19.4. The SMILES string of the molecule is COCCCN1C(=O)C(Nc2cccc(F)c2)=C(c2ccc(Cl)cc2)C1=O. The van der Waals surface area contributed by atoms with Crippen molar-refractivity contribution >= 4 is 34.7 Å². The minimum Gasteiger partial charge on any atom is -0.385 e. The van der Waals surface area contributed by atoms with Gasteiger partial charge >= 0.3 is 0 Å². The minimum atomic E-state index is -0.453. The molecule has 140 valence electrons. The third-order valence-corrected chi connectivity index (χ3v) is 4.38. The Hall–Kier alpha value is -2.70. The number of methoxy groups -OCH3 is 1. The molecular formula is C20H18ClFN2O3. The van der Waals surface area contributed by atoms with Crippen molar-refractivity contribution in [1.82, 2.24) is 4.90 Å².